The predicted octanol–water partition coefficient (Wildman–Crippen LogP) is 2.26. The highest BCUT2D eigenvalue weighted by Gasteiger charge is 2.28. The molecule has 1 rings (SSSR count). The number of urea groups is 1. The van der Waals surface area contributed by atoms with Crippen molar-refractivity contribution < 1.29 is 38.4 Å². The molecule has 0 aliphatic heterocycles. The molecule has 10 nitrogen and oxygen atoms in total. The van der Waals surface area contributed by atoms with E-state index in [0.717, 1.165) is 0 Å². The number of nitrogens with one attached hydrogen (secondary N) is 2. The molecule has 0 bridgehead atoms. The Labute approximate surface area is 163 Å². The predicted molar refractivity (Wildman–Crippen MR) is 101 cm³/mol. The third kappa shape index (κ3) is 5.66. The molecule has 0 heterocycles. The van der Waals surface area contributed by atoms with Gasteiger partial charge < -0.3 is 34.7 Å². The largest absolute Gasteiger partial charge is 0.493 e. The van der Waals surface area contributed by atoms with Crippen LogP contribution in [0.5, 0.6) is 17.2 Å². The van der Waals surface area contributed by atoms with Crippen LogP contribution in [0.2, 0.25) is 0 Å². The van der Waals surface area contributed by atoms with Gasteiger partial charge in [0.05, 0.1) is 34.0 Å². The summed E-state index contributed by atoms with van der Waals surface area (Å²) in [6, 6.07) is 0.698. The minimum absolute atomic E-state index is 0.00417. The van der Waals surface area contributed by atoms with Crippen molar-refractivity contribution in [1.82, 2.24) is 5.32 Å². The van der Waals surface area contributed by atoms with Gasteiger partial charge in [-0.15, -0.1) is 0 Å². The Morgan fingerprint density at radius 3 is 2.11 bits per heavy atom. The highest BCUT2D eigenvalue weighted by Crippen LogP contribution is 2.45. The number of carbonyl (C=O) groups is 3. The van der Waals surface area contributed by atoms with Crippen LogP contribution in [0.15, 0.2) is 6.07 Å². The number of hydrogen-bond acceptors (Lipinski definition) is 7. The molecule has 2 amide bonds. The number of hydrogen-bond donors (Lipinski definition) is 3. The average molecular weight is 398 g/mol. The fourth-order valence-corrected chi connectivity index (χ4v) is 2.49. The SMILES string of the molecule is COC(=O)c1cc(OC)c(OC)c(OC)c1NC(=O)NC(C)(C)CCC(=O)O. The zero-order valence-electron chi connectivity index (χ0n) is 16.8. The number of ether oxygens (including phenoxy) is 4. The minimum atomic E-state index is -0.968. The zero-order chi connectivity index (χ0) is 21.5. The molecule has 0 radical (unpaired) electrons. The molecule has 0 fully saturated rings. The number of amides is 2. The summed E-state index contributed by atoms with van der Waals surface area (Å²) < 4.78 is 20.6. The molecule has 0 aliphatic rings. The van der Waals surface area contributed by atoms with Gasteiger partial charge in [0, 0.05) is 18.0 Å². The second-order valence-corrected chi connectivity index (χ2v) is 6.42. The Hall–Kier alpha value is -3.17. The highest BCUT2D eigenvalue weighted by molar-refractivity contribution is 6.04. The number of methoxy groups -OCH3 is 4. The van der Waals surface area contributed by atoms with E-state index in [4.69, 9.17) is 24.1 Å². The van der Waals surface area contributed by atoms with Crippen LogP contribution in [0, 0.1) is 0 Å². The lowest BCUT2D eigenvalue weighted by Gasteiger charge is -2.26. The third-order valence-electron chi connectivity index (χ3n) is 3.89. The lowest BCUT2D eigenvalue weighted by atomic mass is 9.99. The maximum absolute atomic E-state index is 12.5. The summed E-state index contributed by atoms with van der Waals surface area (Å²) in [6.07, 6.45) is 0.100. The molecule has 0 saturated carbocycles. The summed E-state index contributed by atoms with van der Waals surface area (Å²) in [4.78, 5) is 35.5. The van der Waals surface area contributed by atoms with Crippen molar-refractivity contribution in [3.05, 3.63) is 11.6 Å². The van der Waals surface area contributed by atoms with Crippen molar-refractivity contribution in [2.75, 3.05) is 33.8 Å². The number of esters is 1. The van der Waals surface area contributed by atoms with Gasteiger partial charge in [0.2, 0.25) is 5.75 Å². The Kier molecular flexibility index (Phi) is 7.90. The van der Waals surface area contributed by atoms with E-state index in [9.17, 15) is 14.4 Å². The van der Waals surface area contributed by atoms with Gasteiger partial charge in [-0.1, -0.05) is 0 Å². The lowest BCUT2D eigenvalue weighted by molar-refractivity contribution is -0.137. The Morgan fingerprint density at radius 2 is 1.64 bits per heavy atom. The quantitative estimate of drug-likeness (QED) is 0.540. The van der Waals surface area contributed by atoms with E-state index in [1.807, 2.05) is 0 Å². The van der Waals surface area contributed by atoms with Crippen LogP contribution in [0.3, 0.4) is 0 Å². The van der Waals surface area contributed by atoms with Crippen LogP contribution in [0.4, 0.5) is 10.5 Å². The molecule has 0 saturated heterocycles. The topological polar surface area (TPSA) is 132 Å². The van der Waals surface area contributed by atoms with E-state index in [1.54, 1.807) is 13.8 Å². The second kappa shape index (κ2) is 9.67. The Morgan fingerprint density at radius 1 is 1.04 bits per heavy atom. The van der Waals surface area contributed by atoms with Gasteiger partial charge >= 0.3 is 18.0 Å². The summed E-state index contributed by atoms with van der Waals surface area (Å²) in [5, 5.41) is 14.0. The van der Waals surface area contributed by atoms with Crippen LogP contribution in [0.25, 0.3) is 0 Å². The van der Waals surface area contributed by atoms with Crippen LogP contribution in [-0.2, 0) is 9.53 Å². The fraction of sp³-hybridized carbons (Fsp3) is 0.500. The Balaban J connectivity index is 3.28. The molecule has 3 N–H and O–H groups in total. The zero-order valence-corrected chi connectivity index (χ0v) is 16.8. The third-order valence-corrected chi connectivity index (χ3v) is 3.89. The molecule has 0 spiro atoms. The number of rotatable bonds is 9. The van der Waals surface area contributed by atoms with E-state index < -0.39 is 23.5 Å². The highest BCUT2D eigenvalue weighted by atomic mass is 16.5. The summed E-state index contributed by atoms with van der Waals surface area (Å²) in [5.41, 5.74) is -0.786. The summed E-state index contributed by atoms with van der Waals surface area (Å²) in [7, 11) is 5.32. The minimum Gasteiger partial charge on any atom is -0.493 e. The number of anilines is 1. The molecule has 156 valence electrons. The van der Waals surface area contributed by atoms with Gasteiger partial charge in [-0.2, -0.15) is 0 Å². The lowest BCUT2D eigenvalue weighted by Crippen LogP contribution is -2.46. The van der Waals surface area contributed by atoms with Crippen LogP contribution < -0.4 is 24.8 Å². The van der Waals surface area contributed by atoms with Gasteiger partial charge in [0.25, 0.3) is 0 Å². The van der Waals surface area contributed by atoms with E-state index in [0.29, 0.717) is 0 Å². The second-order valence-electron chi connectivity index (χ2n) is 6.42. The van der Waals surface area contributed by atoms with Gasteiger partial charge in [-0.3, -0.25) is 4.79 Å². The molecule has 0 aromatic heterocycles. The van der Waals surface area contributed by atoms with Crippen LogP contribution in [0.1, 0.15) is 37.0 Å². The molecule has 0 atom stereocenters. The van der Waals surface area contributed by atoms with Crippen molar-refractivity contribution >= 4 is 23.7 Å². The normalized spacial score (nSPS) is 10.6. The first kappa shape index (κ1) is 22.9. The molecule has 1 aromatic carbocycles. The summed E-state index contributed by atoms with van der Waals surface area (Å²) in [6.45, 7) is 3.37. The van der Waals surface area contributed by atoms with Crippen LogP contribution in [-0.4, -0.2) is 57.1 Å². The first-order valence-corrected chi connectivity index (χ1v) is 8.32. The summed E-state index contributed by atoms with van der Waals surface area (Å²) >= 11 is 0. The maximum atomic E-state index is 12.5. The smallest absolute Gasteiger partial charge is 0.340 e. The Bertz CT molecular complexity index is 746. The molecule has 10 heteroatoms. The number of benzene rings is 1. The average Bonchev–Trinajstić information content (AvgIpc) is 2.64. The number of aliphatic carboxylic acids is 1. The van der Waals surface area contributed by atoms with Crippen molar-refractivity contribution in [1.29, 1.82) is 0 Å². The van der Waals surface area contributed by atoms with Gasteiger partial charge in [0.15, 0.2) is 11.5 Å². The number of carboxylic acid groups (broad SMARTS) is 1. The van der Waals surface area contributed by atoms with Gasteiger partial charge in [-0.05, 0) is 20.3 Å². The van der Waals surface area contributed by atoms with Crippen molar-refractivity contribution in [2.24, 2.45) is 0 Å². The standard InChI is InChI=1S/C18H26N2O8/c1-18(2,8-7-12(21)22)20-17(24)19-13-10(16(23)28-6)9-11(25-3)14(26-4)15(13)27-5/h9H,7-8H2,1-6H3,(H,21,22)(H2,19,20,24). The van der Waals surface area contributed by atoms with E-state index >= 15 is 0 Å². The van der Waals surface area contributed by atoms with E-state index in [1.165, 1.54) is 34.5 Å². The number of carbonyl (C=O) groups excluding carboxylic acids is 2. The first-order valence-electron chi connectivity index (χ1n) is 8.32. The van der Waals surface area contributed by atoms with Gasteiger partial charge in [-0.25, -0.2) is 9.59 Å². The van der Waals surface area contributed by atoms with Gasteiger partial charge in [0.1, 0.15) is 5.69 Å². The maximum Gasteiger partial charge on any atom is 0.340 e. The summed E-state index contributed by atoms with van der Waals surface area (Å²) in [5.74, 6) is -1.23. The molecule has 0 unspecified atom stereocenters. The van der Waals surface area contributed by atoms with E-state index in [-0.39, 0.29) is 41.3 Å². The van der Waals surface area contributed by atoms with E-state index in [2.05, 4.69) is 10.6 Å². The van der Waals surface area contributed by atoms with Crippen molar-refractivity contribution in [2.45, 2.75) is 32.2 Å². The van der Waals surface area contributed by atoms with Crippen LogP contribution >= 0.6 is 0 Å². The molecular formula is C18H26N2O8. The molecule has 1 aromatic rings. The number of carboxylic acids is 1. The molecule has 28 heavy (non-hydrogen) atoms. The first-order chi connectivity index (χ1) is 13.1. The monoisotopic (exact) mass is 398 g/mol. The molecule has 0 aliphatic carbocycles. The van der Waals surface area contributed by atoms with Crippen molar-refractivity contribution in [3.63, 3.8) is 0 Å². The fourth-order valence-electron chi connectivity index (χ4n) is 2.49. The van der Waals surface area contributed by atoms with Crippen molar-refractivity contribution in [3.8, 4) is 17.2 Å². The molecular weight excluding hydrogens is 372 g/mol.